The third kappa shape index (κ3) is 4.21. The second-order valence-corrected chi connectivity index (χ2v) is 8.75. The van der Waals surface area contributed by atoms with Crippen molar-refractivity contribution in [1.29, 1.82) is 0 Å². The van der Waals surface area contributed by atoms with Gasteiger partial charge in [0.05, 0.1) is 23.6 Å². The van der Waals surface area contributed by atoms with E-state index < -0.39 is 0 Å². The molecule has 32 heavy (non-hydrogen) atoms. The summed E-state index contributed by atoms with van der Waals surface area (Å²) in [4.78, 5) is 18.3. The van der Waals surface area contributed by atoms with Crippen LogP contribution in [0.2, 0.25) is 0 Å². The maximum atomic E-state index is 13.0. The monoisotopic (exact) mass is 465 g/mol. The van der Waals surface area contributed by atoms with E-state index in [9.17, 15) is 4.79 Å². The molecule has 0 bridgehead atoms. The molecule has 2 heterocycles. The van der Waals surface area contributed by atoms with Crippen molar-refractivity contribution in [2.45, 2.75) is 26.3 Å². The van der Waals surface area contributed by atoms with Gasteiger partial charge in [-0.3, -0.25) is 14.5 Å². The topological polar surface area (TPSA) is 84.8 Å². The number of nitrogens with zero attached hydrogens (tertiary/aromatic N) is 3. The van der Waals surface area contributed by atoms with Crippen LogP contribution in [-0.4, -0.2) is 32.8 Å². The molecule has 9 heteroatoms. The number of rotatable bonds is 7. The SMILES string of the molecule is C=CCn1c(-c2sc(NC(=O)[C@@H](C)c3ccc4cc(OC)ccc4c3)nc2C)n[nH]c1=S. The fraction of sp³-hybridized carbons (Fsp3) is 0.217. The van der Waals surface area contributed by atoms with Crippen molar-refractivity contribution in [3.63, 3.8) is 0 Å². The summed E-state index contributed by atoms with van der Waals surface area (Å²) in [5.41, 5.74) is 1.71. The molecule has 0 radical (unpaired) electrons. The summed E-state index contributed by atoms with van der Waals surface area (Å²) in [5.74, 6) is 1.02. The number of aromatic amines is 1. The van der Waals surface area contributed by atoms with E-state index in [0.29, 0.717) is 22.3 Å². The minimum atomic E-state index is -0.343. The number of amides is 1. The predicted molar refractivity (Wildman–Crippen MR) is 131 cm³/mol. The standard InChI is InChI=1S/C23H23N5O2S2/c1-5-10-28-20(26-27-23(28)31)19-14(3)24-22(32-19)25-21(29)13(2)15-6-7-17-12-18(30-4)9-8-16(17)11-15/h5-9,11-13H,1,10H2,2-4H3,(H,27,31)(H,24,25,29)/t13-/m0/s1. The molecule has 2 N–H and O–H groups in total. The minimum Gasteiger partial charge on any atom is -0.497 e. The molecule has 4 aromatic rings. The summed E-state index contributed by atoms with van der Waals surface area (Å²) in [6.45, 7) is 8.08. The van der Waals surface area contributed by atoms with Crippen LogP contribution in [0.5, 0.6) is 5.75 Å². The number of carbonyl (C=O) groups is 1. The molecule has 0 aliphatic heterocycles. The summed E-state index contributed by atoms with van der Waals surface area (Å²) in [7, 11) is 1.65. The zero-order chi connectivity index (χ0) is 22.8. The van der Waals surface area contributed by atoms with Gasteiger partial charge in [-0.15, -0.1) is 6.58 Å². The number of methoxy groups -OCH3 is 1. The smallest absolute Gasteiger partial charge is 0.233 e. The first-order chi connectivity index (χ1) is 15.4. The molecule has 0 aliphatic rings. The van der Waals surface area contributed by atoms with E-state index in [-0.39, 0.29) is 11.8 Å². The number of anilines is 1. The molecule has 0 aliphatic carbocycles. The summed E-state index contributed by atoms with van der Waals surface area (Å²) >= 11 is 6.67. The Kier molecular flexibility index (Phi) is 6.20. The van der Waals surface area contributed by atoms with Gasteiger partial charge >= 0.3 is 0 Å². The molecular weight excluding hydrogens is 442 g/mol. The first kappa shape index (κ1) is 21.9. The highest BCUT2D eigenvalue weighted by atomic mass is 32.1. The van der Waals surface area contributed by atoms with E-state index in [1.165, 1.54) is 11.3 Å². The van der Waals surface area contributed by atoms with E-state index in [0.717, 1.165) is 32.7 Å². The Bertz CT molecular complexity index is 1370. The molecule has 2 aromatic heterocycles. The number of allylic oxidation sites excluding steroid dienone is 1. The van der Waals surface area contributed by atoms with Crippen LogP contribution in [0, 0.1) is 11.7 Å². The maximum absolute atomic E-state index is 13.0. The number of ether oxygens (including phenoxy) is 1. The molecule has 1 amide bonds. The molecular formula is C23H23N5O2S2. The Morgan fingerprint density at radius 2 is 2.09 bits per heavy atom. The van der Waals surface area contributed by atoms with E-state index in [2.05, 4.69) is 27.1 Å². The third-order valence-electron chi connectivity index (χ3n) is 5.26. The second-order valence-electron chi connectivity index (χ2n) is 7.37. The number of H-pyrrole nitrogens is 1. The van der Waals surface area contributed by atoms with Crippen LogP contribution >= 0.6 is 23.6 Å². The number of thiazole rings is 1. The lowest BCUT2D eigenvalue weighted by atomic mass is 9.97. The number of benzene rings is 2. The van der Waals surface area contributed by atoms with Gasteiger partial charge in [0.25, 0.3) is 0 Å². The van der Waals surface area contributed by atoms with Crippen molar-refractivity contribution in [3.05, 3.63) is 65.1 Å². The number of aryl methyl sites for hydroxylation is 1. The zero-order valence-corrected chi connectivity index (χ0v) is 19.6. The molecule has 0 unspecified atom stereocenters. The molecule has 0 fully saturated rings. The van der Waals surface area contributed by atoms with Gasteiger partial charge in [-0.05, 0) is 54.5 Å². The van der Waals surface area contributed by atoms with Crippen LogP contribution in [0.15, 0.2) is 49.1 Å². The van der Waals surface area contributed by atoms with Gasteiger partial charge in [0.2, 0.25) is 5.91 Å². The van der Waals surface area contributed by atoms with Gasteiger partial charge in [0.15, 0.2) is 15.7 Å². The Balaban J connectivity index is 1.55. The molecule has 4 rings (SSSR count). The quantitative estimate of drug-likeness (QED) is 0.280. The van der Waals surface area contributed by atoms with Gasteiger partial charge in [-0.25, -0.2) is 4.98 Å². The van der Waals surface area contributed by atoms with Crippen molar-refractivity contribution in [2.75, 3.05) is 12.4 Å². The number of hydrogen-bond donors (Lipinski definition) is 2. The first-order valence-corrected chi connectivity index (χ1v) is 11.3. The van der Waals surface area contributed by atoms with Crippen LogP contribution in [0.1, 0.15) is 24.1 Å². The van der Waals surface area contributed by atoms with E-state index in [4.69, 9.17) is 17.0 Å². The maximum Gasteiger partial charge on any atom is 0.233 e. The molecule has 1 atom stereocenters. The predicted octanol–water partition coefficient (Wildman–Crippen LogP) is 5.46. The van der Waals surface area contributed by atoms with Crippen molar-refractivity contribution in [2.24, 2.45) is 0 Å². The largest absolute Gasteiger partial charge is 0.497 e. The number of aromatic nitrogens is 4. The van der Waals surface area contributed by atoms with Crippen molar-refractivity contribution >= 4 is 45.4 Å². The number of carbonyl (C=O) groups excluding carboxylic acids is 1. The van der Waals surface area contributed by atoms with Crippen LogP contribution in [0.25, 0.3) is 21.5 Å². The lowest BCUT2D eigenvalue weighted by Crippen LogP contribution is -2.18. The average molecular weight is 466 g/mol. The zero-order valence-electron chi connectivity index (χ0n) is 18.0. The van der Waals surface area contributed by atoms with Gasteiger partial charge < -0.3 is 10.1 Å². The van der Waals surface area contributed by atoms with Gasteiger partial charge in [-0.2, -0.15) is 5.10 Å². The highest BCUT2D eigenvalue weighted by Gasteiger charge is 2.20. The van der Waals surface area contributed by atoms with Crippen molar-refractivity contribution in [3.8, 4) is 16.5 Å². The average Bonchev–Trinajstić information content (AvgIpc) is 3.34. The number of fused-ring (bicyclic) bond motifs is 1. The second kappa shape index (κ2) is 9.05. The molecule has 0 saturated heterocycles. The molecule has 7 nitrogen and oxygen atoms in total. The first-order valence-electron chi connectivity index (χ1n) is 10.0. The Hall–Kier alpha value is -3.30. The summed E-state index contributed by atoms with van der Waals surface area (Å²) in [6.07, 6.45) is 1.76. The summed E-state index contributed by atoms with van der Waals surface area (Å²) in [5, 5.41) is 12.7. The molecule has 2 aromatic carbocycles. The molecule has 0 saturated carbocycles. The summed E-state index contributed by atoms with van der Waals surface area (Å²) in [6, 6.07) is 11.9. The Labute approximate surface area is 194 Å². The molecule has 0 spiro atoms. The number of hydrogen-bond acceptors (Lipinski definition) is 6. The van der Waals surface area contributed by atoms with E-state index >= 15 is 0 Å². The Morgan fingerprint density at radius 3 is 2.84 bits per heavy atom. The minimum absolute atomic E-state index is 0.122. The van der Waals surface area contributed by atoms with Gasteiger partial charge in [0, 0.05) is 6.54 Å². The van der Waals surface area contributed by atoms with Crippen LogP contribution in [0.3, 0.4) is 0 Å². The summed E-state index contributed by atoms with van der Waals surface area (Å²) < 4.78 is 7.64. The van der Waals surface area contributed by atoms with Crippen molar-refractivity contribution < 1.29 is 9.53 Å². The lowest BCUT2D eigenvalue weighted by molar-refractivity contribution is -0.117. The van der Waals surface area contributed by atoms with Crippen LogP contribution < -0.4 is 10.1 Å². The highest BCUT2D eigenvalue weighted by Crippen LogP contribution is 2.33. The fourth-order valence-electron chi connectivity index (χ4n) is 3.45. The normalized spacial score (nSPS) is 12.0. The lowest BCUT2D eigenvalue weighted by Gasteiger charge is -2.12. The van der Waals surface area contributed by atoms with E-state index in [1.807, 2.05) is 54.8 Å². The van der Waals surface area contributed by atoms with E-state index in [1.54, 1.807) is 13.2 Å². The fourth-order valence-corrected chi connectivity index (χ4v) is 4.63. The molecule has 164 valence electrons. The van der Waals surface area contributed by atoms with Crippen LogP contribution in [0.4, 0.5) is 5.13 Å². The van der Waals surface area contributed by atoms with Gasteiger partial charge in [0.1, 0.15) is 5.75 Å². The number of nitrogens with one attached hydrogen (secondary N) is 2. The van der Waals surface area contributed by atoms with Crippen LogP contribution in [-0.2, 0) is 11.3 Å². The van der Waals surface area contributed by atoms with Crippen molar-refractivity contribution in [1.82, 2.24) is 19.7 Å². The third-order valence-corrected chi connectivity index (χ3v) is 6.64. The van der Waals surface area contributed by atoms with Gasteiger partial charge in [-0.1, -0.05) is 41.7 Å². The highest BCUT2D eigenvalue weighted by molar-refractivity contribution is 7.71. The Morgan fingerprint density at radius 1 is 1.34 bits per heavy atom.